The van der Waals surface area contributed by atoms with Gasteiger partial charge in [-0.15, -0.1) is 0 Å². The van der Waals surface area contributed by atoms with Gasteiger partial charge in [0, 0.05) is 11.8 Å². The van der Waals surface area contributed by atoms with Crippen LogP contribution < -0.4 is 15.9 Å². The highest BCUT2D eigenvalue weighted by atomic mass is 16.7. The molecule has 0 saturated heterocycles. The molecule has 1 aromatic carbocycles. The van der Waals surface area contributed by atoms with E-state index in [2.05, 4.69) is 4.98 Å². The molecule has 0 saturated carbocycles. The smallest absolute Gasteiger partial charge is 0.428 e. The van der Waals surface area contributed by atoms with E-state index in [0.29, 0.717) is 11.4 Å². The Hall–Kier alpha value is -2.89. The summed E-state index contributed by atoms with van der Waals surface area (Å²) in [5.41, 5.74) is 6.83. The van der Waals surface area contributed by atoms with Crippen molar-refractivity contribution in [1.82, 2.24) is 4.98 Å². The van der Waals surface area contributed by atoms with Crippen LogP contribution in [0.5, 0.6) is 5.75 Å². The summed E-state index contributed by atoms with van der Waals surface area (Å²) in [6.45, 7) is 6.98. The molecule has 2 rings (SSSR count). The lowest BCUT2D eigenvalue weighted by atomic mass is 10.1. The van der Waals surface area contributed by atoms with Crippen molar-refractivity contribution in [3.8, 4) is 16.9 Å². The molecule has 1 heterocycles. The average molecular weight is 328 g/mol. The number of carbonyl (C=O) groups excluding carboxylic acids is 1. The van der Waals surface area contributed by atoms with Crippen LogP contribution in [0.2, 0.25) is 0 Å². The second kappa shape index (κ2) is 6.70. The molecular formula is C18H20N2O4. The second-order valence-electron chi connectivity index (χ2n) is 6.35. The predicted octanol–water partition coefficient (Wildman–Crippen LogP) is 3.31. The van der Waals surface area contributed by atoms with Gasteiger partial charge in [-0.25, -0.2) is 9.78 Å². The van der Waals surface area contributed by atoms with Crippen molar-refractivity contribution in [2.45, 2.75) is 33.3 Å². The van der Waals surface area contributed by atoms with Gasteiger partial charge in [-0.2, -0.15) is 0 Å². The third-order valence-corrected chi connectivity index (χ3v) is 3.09. The highest BCUT2D eigenvalue weighted by Crippen LogP contribution is 2.23. The number of ether oxygens (including phenoxy) is 2. The lowest BCUT2D eigenvalue weighted by Crippen LogP contribution is -2.26. The lowest BCUT2D eigenvalue weighted by molar-refractivity contribution is 0.0204. The van der Waals surface area contributed by atoms with Crippen molar-refractivity contribution in [3.63, 3.8) is 0 Å². The van der Waals surface area contributed by atoms with E-state index in [-0.39, 0.29) is 5.75 Å². The Balaban J connectivity index is 2.40. The quantitative estimate of drug-likeness (QED) is 0.850. The van der Waals surface area contributed by atoms with Crippen LogP contribution in [0.3, 0.4) is 0 Å². The van der Waals surface area contributed by atoms with Gasteiger partial charge in [-0.3, -0.25) is 4.79 Å². The molecule has 1 aromatic heterocycles. The Morgan fingerprint density at radius 2 is 1.88 bits per heavy atom. The fourth-order valence-corrected chi connectivity index (χ4v) is 1.94. The van der Waals surface area contributed by atoms with Crippen molar-refractivity contribution >= 4 is 12.0 Å². The van der Waals surface area contributed by atoms with E-state index >= 15 is 0 Å². The molecule has 0 atom stereocenters. The maximum atomic E-state index is 12.1. The number of nitrogen functional groups attached to an aromatic ring is 1. The zero-order chi connectivity index (χ0) is 17.9. The predicted molar refractivity (Wildman–Crippen MR) is 92.0 cm³/mol. The average Bonchev–Trinajstić information content (AvgIpc) is 2.62. The summed E-state index contributed by atoms with van der Waals surface area (Å²) < 4.78 is 10.2. The number of rotatable bonds is 2. The number of nitrogens with two attached hydrogens (primary N) is 1. The molecule has 0 amide bonds. The molecule has 0 aliphatic carbocycles. The van der Waals surface area contributed by atoms with Crippen LogP contribution in [-0.4, -0.2) is 16.7 Å². The standard InChI is InChI=1S/C18H20N2O4/c1-11-8-13(10-20-16(11)19)12-6-5-7-14(21)15(9-12)23-17(22)24-18(2,3)4/h5-10H,1-4H3,(H2,19,20). The molecule has 6 nitrogen and oxygen atoms in total. The molecule has 0 unspecified atom stereocenters. The number of hydrogen-bond acceptors (Lipinski definition) is 6. The van der Waals surface area contributed by atoms with E-state index in [0.717, 1.165) is 11.1 Å². The van der Waals surface area contributed by atoms with E-state index in [4.69, 9.17) is 15.2 Å². The van der Waals surface area contributed by atoms with Gasteiger partial charge in [-0.1, -0.05) is 12.1 Å². The third kappa shape index (κ3) is 4.55. The van der Waals surface area contributed by atoms with Crippen LogP contribution in [0.1, 0.15) is 26.3 Å². The minimum atomic E-state index is -0.927. The summed E-state index contributed by atoms with van der Waals surface area (Å²) in [5.74, 6) is 0.326. The van der Waals surface area contributed by atoms with Gasteiger partial charge in [0.1, 0.15) is 11.4 Å². The first kappa shape index (κ1) is 17.5. The van der Waals surface area contributed by atoms with Gasteiger partial charge in [-0.05, 0) is 57.0 Å². The summed E-state index contributed by atoms with van der Waals surface area (Å²) in [7, 11) is 0. The minimum absolute atomic E-state index is 0.112. The summed E-state index contributed by atoms with van der Waals surface area (Å²) >= 11 is 0. The van der Waals surface area contributed by atoms with E-state index < -0.39 is 17.2 Å². The molecular weight excluding hydrogens is 308 g/mol. The van der Waals surface area contributed by atoms with Gasteiger partial charge < -0.3 is 15.2 Å². The Kier molecular flexibility index (Phi) is 4.87. The fraction of sp³-hybridized carbons (Fsp3) is 0.278. The minimum Gasteiger partial charge on any atom is -0.428 e. The Bertz CT molecular complexity index is 826. The maximum absolute atomic E-state index is 12.1. The number of aromatic nitrogens is 1. The van der Waals surface area contributed by atoms with Crippen LogP contribution in [0.4, 0.5) is 10.6 Å². The fourth-order valence-electron chi connectivity index (χ4n) is 1.94. The first-order chi connectivity index (χ1) is 11.2. The van der Waals surface area contributed by atoms with Crippen molar-refractivity contribution in [1.29, 1.82) is 0 Å². The zero-order valence-corrected chi connectivity index (χ0v) is 14.1. The number of anilines is 1. The van der Waals surface area contributed by atoms with Crippen LogP contribution in [-0.2, 0) is 4.74 Å². The summed E-state index contributed by atoms with van der Waals surface area (Å²) in [6, 6.07) is 7.97. The highest BCUT2D eigenvalue weighted by molar-refractivity contribution is 5.68. The number of pyridine rings is 1. The first-order valence-electron chi connectivity index (χ1n) is 7.43. The molecule has 24 heavy (non-hydrogen) atoms. The Labute approximate surface area is 140 Å². The third-order valence-electron chi connectivity index (χ3n) is 3.09. The molecule has 0 aliphatic heterocycles. The van der Waals surface area contributed by atoms with E-state index in [9.17, 15) is 9.59 Å². The molecule has 6 heteroatoms. The molecule has 0 radical (unpaired) electrons. The van der Waals surface area contributed by atoms with Crippen LogP contribution in [0, 0.1) is 6.92 Å². The summed E-state index contributed by atoms with van der Waals surface area (Å²) in [6.07, 6.45) is 0.669. The lowest BCUT2D eigenvalue weighted by Gasteiger charge is -2.18. The monoisotopic (exact) mass is 328 g/mol. The van der Waals surface area contributed by atoms with Crippen LogP contribution in [0.25, 0.3) is 11.1 Å². The highest BCUT2D eigenvalue weighted by Gasteiger charge is 2.19. The van der Waals surface area contributed by atoms with Crippen molar-refractivity contribution in [3.05, 3.63) is 52.3 Å². The molecule has 0 bridgehead atoms. The molecule has 2 N–H and O–H groups in total. The maximum Gasteiger partial charge on any atom is 0.514 e. The van der Waals surface area contributed by atoms with Gasteiger partial charge in [0.15, 0.2) is 5.75 Å². The zero-order valence-electron chi connectivity index (χ0n) is 14.1. The van der Waals surface area contributed by atoms with Crippen molar-refractivity contribution < 1.29 is 14.3 Å². The number of nitrogens with zero attached hydrogens (tertiary/aromatic N) is 1. The number of aryl methyl sites for hydroxylation is 1. The summed E-state index contributed by atoms with van der Waals surface area (Å²) in [5, 5.41) is 0. The largest absolute Gasteiger partial charge is 0.514 e. The Morgan fingerprint density at radius 3 is 2.50 bits per heavy atom. The van der Waals surface area contributed by atoms with Gasteiger partial charge in [0.25, 0.3) is 0 Å². The molecule has 2 aromatic rings. The van der Waals surface area contributed by atoms with Crippen molar-refractivity contribution in [2.24, 2.45) is 0 Å². The van der Waals surface area contributed by atoms with Crippen molar-refractivity contribution in [2.75, 3.05) is 5.73 Å². The van der Waals surface area contributed by atoms with E-state index in [1.807, 2.05) is 13.0 Å². The van der Waals surface area contributed by atoms with Gasteiger partial charge in [0.05, 0.1) is 0 Å². The van der Waals surface area contributed by atoms with Gasteiger partial charge in [0.2, 0.25) is 5.43 Å². The Morgan fingerprint density at radius 1 is 1.17 bits per heavy atom. The molecule has 0 aliphatic rings. The number of hydrogen-bond donors (Lipinski definition) is 1. The second-order valence-corrected chi connectivity index (χ2v) is 6.35. The molecule has 0 spiro atoms. The number of carbonyl (C=O) groups is 1. The van der Waals surface area contributed by atoms with E-state index in [1.54, 1.807) is 39.1 Å². The normalized spacial score (nSPS) is 11.0. The van der Waals surface area contributed by atoms with E-state index in [1.165, 1.54) is 12.1 Å². The van der Waals surface area contributed by atoms with Crippen LogP contribution >= 0.6 is 0 Å². The summed E-state index contributed by atoms with van der Waals surface area (Å²) in [4.78, 5) is 28.0. The van der Waals surface area contributed by atoms with Gasteiger partial charge >= 0.3 is 6.16 Å². The SMILES string of the molecule is Cc1cc(-c2cccc(=O)c(OC(=O)OC(C)(C)C)c2)cnc1N. The first-order valence-corrected chi connectivity index (χ1v) is 7.43. The molecule has 126 valence electrons. The van der Waals surface area contributed by atoms with Crippen LogP contribution in [0.15, 0.2) is 41.3 Å². The topological polar surface area (TPSA) is 91.5 Å². The molecule has 0 fully saturated rings.